The summed E-state index contributed by atoms with van der Waals surface area (Å²) in [6.45, 7) is 4.11. The van der Waals surface area contributed by atoms with Gasteiger partial charge in [0.2, 0.25) is 0 Å². The molecule has 3 heteroatoms. The van der Waals surface area contributed by atoms with Crippen LogP contribution in [0, 0.1) is 0 Å². The third-order valence-electron chi connectivity index (χ3n) is 2.69. The van der Waals surface area contributed by atoms with Gasteiger partial charge in [-0.1, -0.05) is 6.92 Å². The van der Waals surface area contributed by atoms with Crippen molar-refractivity contribution >= 4 is 0 Å². The van der Waals surface area contributed by atoms with Gasteiger partial charge in [-0.15, -0.1) is 0 Å². The van der Waals surface area contributed by atoms with Gasteiger partial charge in [0.15, 0.2) is 0 Å². The highest BCUT2D eigenvalue weighted by atomic mass is 14.9. The highest BCUT2D eigenvalue weighted by Crippen LogP contribution is 2.32. The third kappa shape index (κ3) is 1.33. The number of fused-ring (bicyclic) bond motifs is 1. The Bertz CT molecular complexity index is 331. The Balaban J connectivity index is 2.50. The van der Waals surface area contributed by atoms with Crippen molar-refractivity contribution in [3.05, 3.63) is 23.3 Å². The van der Waals surface area contributed by atoms with Crippen LogP contribution in [0.15, 0.2) is 6.20 Å². The first-order chi connectivity index (χ1) is 6.13. The molecule has 3 nitrogen and oxygen atoms in total. The Morgan fingerprint density at radius 2 is 2.38 bits per heavy atom. The van der Waals surface area contributed by atoms with E-state index in [1.165, 1.54) is 5.56 Å². The zero-order valence-electron chi connectivity index (χ0n) is 8.17. The van der Waals surface area contributed by atoms with E-state index in [1.54, 1.807) is 0 Å². The molecule has 1 aromatic rings. The SMILES string of the molecule is CCc1ncc2c(n1)C(C)(N)CC2. The van der Waals surface area contributed by atoms with Crippen LogP contribution in [0.5, 0.6) is 0 Å². The van der Waals surface area contributed by atoms with E-state index in [0.717, 1.165) is 30.8 Å². The summed E-state index contributed by atoms with van der Waals surface area (Å²) in [6, 6.07) is 0. The molecule has 1 atom stereocenters. The molecule has 1 aromatic heterocycles. The summed E-state index contributed by atoms with van der Waals surface area (Å²) in [4.78, 5) is 8.76. The van der Waals surface area contributed by atoms with Crippen molar-refractivity contribution in [1.29, 1.82) is 0 Å². The average molecular weight is 177 g/mol. The van der Waals surface area contributed by atoms with Crippen molar-refractivity contribution in [2.75, 3.05) is 0 Å². The lowest BCUT2D eigenvalue weighted by molar-refractivity contribution is 0.478. The average Bonchev–Trinajstić information content (AvgIpc) is 2.42. The van der Waals surface area contributed by atoms with Crippen LogP contribution in [-0.2, 0) is 18.4 Å². The minimum absolute atomic E-state index is 0.234. The molecule has 2 N–H and O–H groups in total. The summed E-state index contributed by atoms with van der Waals surface area (Å²) in [5.41, 5.74) is 8.17. The van der Waals surface area contributed by atoms with Crippen molar-refractivity contribution in [1.82, 2.24) is 9.97 Å². The van der Waals surface area contributed by atoms with E-state index < -0.39 is 0 Å². The van der Waals surface area contributed by atoms with Crippen molar-refractivity contribution in [3.63, 3.8) is 0 Å². The Kier molecular flexibility index (Phi) is 1.84. The maximum atomic E-state index is 6.12. The van der Waals surface area contributed by atoms with Gasteiger partial charge in [-0.2, -0.15) is 0 Å². The van der Waals surface area contributed by atoms with Gasteiger partial charge in [0.1, 0.15) is 5.82 Å². The van der Waals surface area contributed by atoms with Crippen molar-refractivity contribution in [2.24, 2.45) is 5.73 Å². The predicted molar refractivity (Wildman–Crippen MR) is 51.3 cm³/mol. The molecule has 13 heavy (non-hydrogen) atoms. The van der Waals surface area contributed by atoms with E-state index in [2.05, 4.69) is 16.9 Å². The standard InChI is InChI=1S/C10H15N3/c1-3-8-12-6-7-4-5-10(2,11)9(7)13-8/h6H,3-5,11H2,1-2H3. The molecule has 0 aromatic carbocycles. The fourth-order valence-corrected chi connectivity index (χ4v) is 1.80. The molecule has 1 unspecified atom stereocenters. The molecule has 0 aliphatic heterocycles. The van der Waals surface area contributed by atoms with E-state index >= 15 is 0 Å². The summed E-state index contributed by atoms with van der Waals surface area (Å²) in [7, 11) is 0. The molecular weight excluding hydrogens is 162 g/mol. The number of aromatic nitrogens is 2. The normalized spacial score (nSPS) is 26.1. The summed E-state index contributed by atoms with van der Waals surface area (Å²) >= 11 is 0. The number of nitrogens with two attached hydrogens (primary N) is 1. The zero-order chi connectivity index (χ0) is 9.47. The van der Waals surface area contributed by atoms with E-state index in [9.17, 15) is 0 Å². The topological polar surface area (TPSA) is 51.8 Å². The van der Waals surface area contributed by atoms with Gasteiger partial charge in [-0.05, 0) is 25.3 Å². The molecule has 0 fully saturated rings. The molecule has 1 aliphatic rings. The van der Waals surface area contributed by atoms with Crippen LogP contribution >= 0.6 is 0 Å². The van der Waals surface area contributed by atoms with Crippen LogP contribution in [0.3, 0.4) is 0 Å². The second-order valence-electron chi connectivity index (χ2n) is 3.93. The first kappa shape index (κ1) is 8.63. The molecule has 70 valence electrons. The van der Waals surface area contributed by atoms with Gasteiger partial charge in [0, 0.05) is 12.6 Å². The summed E-state index contributed by atoms with van der Waals surface area (Å²) in [5, 5.41) is 0. The number of aryl methyl sites for hydroxylation is 2. The van der Waals surface area contributed by atoms with Crippen LogP contribution in [0.25, 0.3) is 0 Å². The highest BCUT2D eigenvalue weighted by molar-refractivity contribution is 5.30. The number of nitrogens with zero attached hydrogens (tertiary/aromatic N) is 2. The van der Waals surface area contributed by atoms with Gasteiger partial charge in [-0.3, -0.25) is 0 Å². The van der Waals surface area contributed by atoms with Gasteiger partial charge in [0.05, 0.1) is 11.2 Å². The fourth-order valence-electron chi connectivity index (χ4n) is 1.80. The molecule has 0 amide bonds. The molecule has 0 saturated carbocycles. The zero-order valence-corrected chi connectivity index (χ0v) is 8.17. The summed E-state index contributed by atoms with van der Waals surface area (Å²) in [6.07, 6.45) is 4.82. The van der Waals surface area contributed by atoms with Gasteiger partial charge < -0.3 is 5.73 Å². The maximum Gasteiger partial charge on any atom is 0.128 e. The van der Waals surface area contributed by atoms with Crippen molar-refractivity contribution < 1.29 is 0 Å². The highest BCUT2D eigenvalue weighted by Gasteiger charge is 2.32. The molecule has 0 radical (unpaired) electrons. The number of rotatable bonds is 1. The lowest BCUT2D eigenvalue weighted by Gasteiger charge is -2.17. The second kappa shape index (κ2) is 2.77. The Morgan fingerprint density at radius 1 is 1.62 bits per heavy atom. The Labute approximate surface area is 78.4 Å². The van der Waals surface area contributed by atoms with Crippen LogP contribution in [0.2, 0.25) is 0 Å². The third-order valence-corrected chi connectivity index (χ3v) is 2.69. The summed E-state index contributed by atoms with van der Waals surface area (Å²) in [5.74, 6) is 0.900. The predicted octanol–water partition coefficient (Wildman–Crippen LogP) is 1.16. The Morgan fingerprint density at radius 3 is 3.08 bits per heavy atom. The van der Waals surface area contributed by atoms with Crippen LogP contribution in [0.1, 0.15) is 37.4 Å². The first-order valence-corrected chi connectivity index (χ1v) is 4.77. The monoisotopic (exact) mass is 177 g/mol. The van der Waals surface area contributed by atoms with Crippen LogP contribution in [0.4, 0.5) is 0 Å². The molecule has 2 rings (SSSR count). The smallest absolute Gasteiger partial charge is 0.128 e. The quantitative estimate of drug-likeness (QED) is 0.700. The van der Waals surface area contributed by atoms with Gasteiger partial charge >= 0.3 is 0 Å². The molecule has 0 saturated heterocycles. The summed E-state index contributed by atoms with van der Waals surface area (Å²) < 4.78 is 0. The minimum atomic E-state index is -0.234. The van der Waals surface area contributed by atoms with Gasteiger partial charge in [0.25, 0.3) is 0 Å². The molecule has 1 aliphatic carbocycles. The molecule has 0 spiro atoms. The molecular formula is C10H15N3. The van der Waals surface area contributed by atoms with Crippen molar-refractivity contribution in [2.45, 2.75) is 38.6 Å². The van der Waals surface area contributed by atoms with Crippen LogP contribution < -0.4 is 5.73 Å². The van der Waals surface area contributed by atoms with E-state index in [0.29, 0.717) is 0 Å². The van der Waals surface area contributed by atoms with E-state index in [1.807, 2.05) is 13.1 Å². The first-order valence-electron chi connectivity index (χ1n) is 4.77. The molecule has 1 heterocycles. The van der Waals surface area contributed by atoms with E-state index in [-0.39, 0.29) is 5.54 Å². The fraction of sp³-hybridized carbons (Fsp3) is 0.600. The number of hydrogen-bond donors (Lipinski definition) is 1. The maximum absolute atomic E-state index is 6.12. The largest absolute Gasteiger partial charge is 0.320 e. The Hall–Kier alpha value is -0.960. The van der Waals surface area contributed by atoms with Gasteiger partial charge in [-0.25, -0.2) is 9.97 Å². The van der Waals surface area contributed by atoms with Crippen LogP contribution in [-0.4, -0.2) is 9.97 Å². The second-order valence-corrected chi connectivity index (χ2v) is 3.93. The van der Waals surface area contributed by atoms with E-state index in [4.69, 9.17) is 5.73 Å². The minimum Gasteiger partial charge on any atom is -0.320 e. The number of hydrogen-bond acceptors (Lipinski definition) is 3. The lowest BCUT2D eigenvalue weighted by atomic mass is 10.0. The van der Waals surface area contributed by atoms with Crippen molar-refractivity contribution in [3.8, 4) is 0 Å². The molecule has 0 bridgehead atoms. The lowest BCUT2D eigenvalue weighted by Crippen LogP contribution is -2.31.